The van der Waals surface area contributed by atoms with Gasteiger partial charge in [0.15, 0.2) is 11.5 Å². The molecule has 2 aromatic rings. The second-order valence-corrected chi connectivity index (χ2v) is 7.87. The Morgan fingerprint density at radius 1 is 1.16 bits per heavy atom. The predicted octanol–water partition coefficient (Wildman–Crippen LogP) is 2.96. The van der Waals surface area contributed by atoms with Crippen LogP contribution in [-0.4, -0.2) is 48.7 Å². The monoisotopic (exact) mass is 443 g/mol. The van der Waals surface area contributed by atoms with Crippen LogP contribution in [0.15, 0.2) is 53.6 Å². The second-order valence-electron chi connectivity index (χ2n) is 7.87. The van der Waals surface area contributed by atoms with Crippen molar-refractivity contribution < 1.29 is 28.9 Å². The number of methoxy groups -OCH3 is 1. The normalized spacial score (nSPS) is 12.2. The molecule has 0 aliphatic heterocycles. The lowest BCUT2D eigenvalue weighted by Crippen LogP contribution is -2.49. The SMILES string of the molecule is COc1cc(/C=N/NC(=O)C(COCc2ccccc2)NC(=O)OC(C)(C)C)ccc1O. The number of nitrogens with zero attached hydrogens (tertiary/aromatic N) is 1. The maximum atomic E-state index is 12.6. The van der Waals surface area contributed by atoms with Crippen molar-refractivity contribution in [2.24, 2.45) is 5.10 Å². The Morgan fingerprint density at radius 3 is 2.53 bits per heavy atom. The van der Waals surface area contributed by atoms with Crippen molar-refractivity contribution >= 4 is 18.2 Å². The van der Waals surface area contributed by atoms with Crippen LogP contribution in [0.25, 0.3) is 0 Å². The number of hydrogen-bond donors (Lipinski definition) is 3. The quantitative estimate of drug-likeness (QED) is 0.405. The van der Waals surface area contributed by atoms with Gasteiger partial charge in [0.25, 0.3) is 5.91 Å². The van der Waals surface area contributed by atoms with E-state index in [4.69, 9.17) is 14.2 Å². The van der Waals surface area contributed by atoms with Gasteiger partial charge in [-0.2, -0.15) is 5.10 Å². The van der Waals surface area contributed by atoms with Crippen molar-refractivity contribution in [3.05, 3.63) is 59.7 Å². The molecule has 9 heteroatoms. The molecule has 172 valence electrons. The molecule has 0 heterocycles. The molecule has 0 bridgehead atoms. The summed E-state index contributed by atoms with van der Waals surface area (Å²) in [5, 5.41) is 16.1. The third kappa shape index (κ3) is 8.65. The first-order chi connectivity index (χ1) is 15.2. The summed E-state index contributed by atoms with van der Waals surface area (Å²) in [5.74, 6) is -0.309. The molecule has 2 aromatic carbocycles. The number of rotatable bonds is 9. The van der Waals surface area contributed by atoms with Crippen LogP contribution in [0.4, 0.5) is 4.79 Å². The highest BCUT2D eigenvalue weighted by molar-refractivity contribution is 5.87. The molecular formula is C23H29N3O6. The van der Waals surface area contributed by atoms with Gasteiger partial charge in [-0.05, 0) is 50.1 Å². The van der Waals surface area contributed by atoms with E-state index < -0.39 is 23.6 Å². The lowest BCUT2D eigenvalue weighted by Gasteiger charge is -2.22. The number of hydrogen-bond acceptors (Lipinski definition) is 7. The Labute approximate surface area is 187 Å². The summed E-state index contributed by atoms with van der Waals surface area (Å²) < 4.78 is 15.9. The van der Waals surface area contributed by atoms with Gasteiger partial charge in [0.2, 0.25) is 0 Å². The fraction of sp³-hybridized carbons (Fsp3) is 0.348. The summed E-state index contributed by atoms with van der Waals surface area (Å²) in [4.78, 5) is 24.8. The van der Waals surface area contributed by atoms with Gasteiger partial charge in [0.1, 0.15) is 11.6 Å². The standard InChI is InChI=1S/C23H29N3O6/c1-23(2,3)32-22(29)25-18(15-31-14-16-8-6-5-7-9-16)21(28)26-24-13-17-10-11-19(27)20(12-17)30-4/h5-13,18,27H,14-15H2,1-4H3,(H,25,29)(H,26,28)/b24-13+. The van der Waals surface area contributed by atoms with E-state index in [0.29, 0.717) is 5.56 Å². The van der Waals surface area contributed by atoms with E-state index in [1.807, 2.05) is 30.3 Å². The van der Waals surface area contributed by atoms with E-state index in [-0.39, 0.29) is 24.7 Å². The number of carbonyl (C=O) groups excluding carboxylic acids is 2. The zero-order chi connectivity index (χ0) is 23.6. The molecule has 1 unspecified atom stereocenters. The van der Waals surface area contributed by atoms with Crippen LogP contribution >= 0.6 is 0 Å². The largest absolute Gasteiger partial charge is 0.504 e. The highest BCUT2D eigenvalue weighted by Crippen LogP contribution is 2.25. The van der Waals surface area contributed by atoms with E-state index in [2.05, 4.69) is 15.8 Å². The summed E-state index contributed by atoms with van der Waals surface area (Å²) in [7, 11) is 1.43. The number of benzene rings is 2. The fourth-order valence-electron chi connectivity index (χ4n) is 2.52. The minimum absolute atomic E-state index is 0.00845. The molecule has 2 rings (SSSR count). The molecule has 0 aliphatic carbocycles. The number of ether oxygens (including phenoxy) is 3. The van der Waals surface area contributed by atoms with Crippen LogP contribution in [0, 0.1) is 0 Å². The van der Waals surface area contributed by atoms with Crippen molar-refractivity contribution in [1.82, 2.24) is 10.7 Å². The number of hydrazone groups is 1. The number of aromatic hydroxyl groups is 1. The van der Waals surface area contributed by atoms with E-state index in [1.165, 1.54) is 19.4 Å². The Morgan fingerprint density at radius 2 is 1.88 bits per heavy atom. The molecule has 0 radical (unpaired) electrons. The van der Waals surface area contributed by atoms with Gasteiger partial charge in [0, 0.05) is 0 Å². The third-order valence-corrected chi connectivity index (χ3v) is 4.00. The number of carbonyl (C=O) groups is 2. The summed E-state index contributed by atoms with van der Waals surface area (Å²) >= 11 is 0. The Balaban J connectivity index is 2.00. The number of nitrogens with one attached hydrogen (secondary N) is 2. The lowest BCUT2D eigenvalue weighted by molar-refractivity contribution is -0.124. The van der Waals surface area contributed by atoms with Gasteiger partial charge in [-0.3, -0.25) is 4.79 Å². The Hall–Kier alpha value is -3.59. The zero-order valence-corrected chi connectivity index (χ0v) is 18.6. The Bertz CT molecular complexity index is 925. The van der Waals surface area contributed by atoms with Gasteiger partial charge in [-0.25, -0.2) is 10.2 Å². The summed E-state index contributed by atoms with van der Waals surface area (Å²) in [6.45, 7) is 5.37. The van der Waals surface area contributed by atoms with E-state index in [1.54, 1.807) is 32.9 Å². The fourth-order valence-corrected chi connectivity index (χ4v) is 2.52. The zero-order valence-electron chi connectivity index (χ0n) is 18.6. The molecule has 0 aliphatic rings. The van der Waals surface area contributed by atoms with Crippen LogP contribution in [0.2, 0.25) is 0 Å². The van der Waals surface area contributed by atoms with Crippen molar-refractivity contribution in [2.45, 2.75) is 39.0 Å². The van der Waals surface area contributed by atoms with Gasteiger partial charge in [0.05, 0.1) is 26.5 Å². The first kappa shape index (κ1) is 24.7. The van der Waals surface area contributed by atoms with Crippen LogP contribution in [0.3, 0.4) is 0 Å². The highest BCUT2D eigenvalue weighted by atomic mass is 16.6. The molecule has 0 saturated carbocycles. The molecule has 2 amide bonds. The van der Waals surface area contributed by atoms with Crippen LogP contribution in [0.1, 0.15) is 31.9 Å². The van der Waals surface area contributed by atoms with E-state index >= 15 is 0 Å². The molecule has 1 atom stereocenters. The number of amides is 2. The van der Waals surface area contributed by atoms with Gasteiger partial charge in [-0.1, -0.05) is 30.3 Å². The molecule has 9 nitrogen and oxygen atoms in total. The number of alkyl carbamates (subject to hydrolysis) is 1. The van der Waals surface area contributed by atoms with Crippen LogP contribution < -0.4 is 15.5 Å². The number of phenolic OH excluding ortho intramolecular Hbond substituents is 1. The summed E-state index contributed by atoms with van der Waals surface area (Å²) in [5.41, 5.74) is 3.19. The molecular weight excluding hydrogens is 414 g/mol. The first-order valence-electron chi connectivity index (χ1n) is 9.99. The molecule has 0 spiro atoms. The molecule has 32 heavy (non-hydrogen) atoms. The molecule has 0 aromatic heterocycles. The van der Waals surface area contributed by atoms with E-state index in [9.17, 15) is 14.7 Å². The maximum Gasteiger partial charge on any atom is 0.408 e. The molecule has 0 fully saturated rings. The summed E-state index contributed by atoms with van der Waals surface area (Å²) in [6, 6.07) is 13.0. The average molecular weight is 444 g/mol. The van der Waals surface area contributed by atoms with Crippen LogP contribution in [0.5, 0.6) is 11.5 Å². The molecule has 0 saturated heterocycles. The number of phenols is 1. The maximum absolute atomic E-state index is 12.6. The van der Waals surface area contributed by atoms with Crippen molar-refractivity contribution in [1.29, 1.82) is 0 Å². The first-order valence-corrected chi connectivity index (χ1v) is 9.99. The van der Waals surface area contributed by atoms with E-state index in [0.717, 1.165) is 5.56 Å². The van der Waals surface area contributed by atoms with Crippen LogP contribution in [-0.2, 0) is 20.9 Å². The molecule has 3 N–H and O–H groups in total. The van der Waals surface area contributed by atoms with Gasteiger partial charge >= 0.3 is 6.09 Å². The predicted molar refractivity (Wildman–Crippen MR) is 120 cm³/mol. The van der Waals surface area contributed by atoms with Gasteiger partial charge in [-0.15, -0.1) is 0 Å². The second kappa shape index (κ2) is 11.7. The minimum atomic E-state index is -1.03. The topological polar surface area (TPSA) is 118 Å². The Kier molecular flexibility index (Phi) is 9.03. The lowest BCUT2D eigenvalue weighted by atomic mass is 10.2. The van der Waals surface area contributed by atoms with Crippen molar-refractivity contribution in [2.75, 3.05) is 13.7 Å². The van der Waals surface area contributed by atoms with Crippen molar-refractivity contribution in [3.8, 4) is 11.5 Å². The third-order valence-electron chi connectivity index (χ3n) is 4.00. The minimum Gasteiger partial charge on any atom is -0.504 e. The smallest absolute Gasteiger partial charge is 0.408 e. The average Bonchev–Trinajstić information content (AvgIpc) is 2.73. The summed E-state index contributed by atoms with van der Waals surface area (Å²) in [6.07, 6.45) is 0.642. The van der Waals surface area contributed by atoms with Crippen molar-refractivity contribution in [3.63, 3.8) is 0 Å². The highest BCUT2D eigenvalue weighted by Gasteiger charge is 2.24. The van der Waals surface area contributed by atoms with Gasteiger partial charge < -0.3 is 24.6 Å².